The number of benzene rings is 3. The number of rotatable bonds is 10. The number of carbonyl (C=O) groups excluding carboxylic acids is 1. The standard InChI is InChI=1S/C29H32N6OS/c1-5-34(6-2)25-17-11-23(12-18-25)19-30-31-27(36)20-37-29-33-32-28(24-13-7-21(3)8-14-24)35(29)26-15-9-22(4)10-16-26/h7-19H,5-6,20H2,1-4H3,(H,31,36)/b30-19-. The first kappa shape index (κ1) is 26.2. The molecule has 0 bridgehead atoms. The molecule has 0 saturated heterocycles. The van der Waals surface area contributed by atoms with Crippen molar-refractivity contribution in [2.75, 3.05) is 23.7 Å². The van der Waals surface area contributed by atoms with Crippen molar-refractivity contribution in [3.8, 4) is 17.1 Å². The predicted molar refractivity (Wildman–Crippen MR) is 153 cm³/mol. The van der Waals surface area contributed by atoms with E-state index in [9.17, 15) is 4.79 Å². The van der Waals surface area contributed by atoms with Gasteiger partial charge in [0.15, 0.2) is 11.0 Å². The molecule has 1 heterocycles. The lowest BCUT2D eigenvalue weighted by Crippen LogP contribution is -2.21. The van der Waals surface area contributed by atoms with Gasteiger partial charge in [0.25, 0.3) is 5.91 Å². The van der Waals surface area contributed by atoms with Crippen molar-refractivity contribution >= 4 is 29.6 Å². The fourth-order valence-corrected chi connectivity index (χ4v) is 4.63. The zero-order valence-electron chi connectivity index (χ0n) is 21.7. The summed E-state index contributed by atoms with van der Waals surface area (Å²) in [5.74, 6) is 0.685. The number of hydrogen-bond acceptors (Lipinski definition) is 6. The molecule has 37 heavy (non-hydrogen) atoms. The van der Waals surface area contributed by atoms with Crippen LogP contribution in [-0.4, -0.2) is 45.7 Å². The topological polar surface area (TPSA) is 75.4 Å². The molecule has 0 radical (unpaired) electrons. The van der Waals surface area contributed by atoms with Gasteiger partial charge in [0.2, 0.25) is 0 Å². The predicted octanol–water partition coefficient (Wildman–Crippen LogP) is 5.64. The van der Waals surface area contributed by atoms with E-state index in [4.69, 9.17) is 0 Å². The van der Waals surface area contributed by atoms with E-state index in [-0.39, 0.29) is 11.7 Å². The molecule has 8 heteroatoms. The summed E-state index contributed by atoms with van der Waals surface area (Å²) in [7, 11) is 0. The molecular formula is C29H32N6OS. The van der Waals surface area contributed by atoms with Gasteiger partial charge >= 0.3 is 0 Å². The molecule has 4 aromatic rings. The molecule has 1 N–H and O–H groups in total. The summed E-state index contributed by atoms with van der Waals surface area (Å²) in [6.45, 7) is 10.3. The Balaban J connectivity index is 1.44. The van der Waals surface area contributed by atoms with Crippen molar-refractivity contribution in [3.63, 3.8) is 0 Å². The second-order valence-electron chi connectivity index (χ2n) is 8.69. The number of hydrazone groups is 1. The Bertz CT molecular complexity index is 1340. The lowest BCUT2D eigenvalue weighted by Gasteiger charge is -2.20. The number of carbonyl (C=O) groups is 1. The summed E-state index contributed by atoms with van der Waals surface area (Å²) in [6.07, 6.45) is 1.65. The lowest BCUT2D eigenvalue weighted by atomic mass is 10.1. The Kier molecular flexibility index (Phi) is 8.74. The fourth-order valence-electron chi connectivity index (χ4n) is 3.88. The monoisotopic (exact) mass is 512 g/mol. The average Bonchev–Trinajstić information content (AvgIpc) is 3.34. The van der Waals surface area contributed by atoms with Crippen LogP contribution in [0, 0.1) is 13.8 Å². The summed E-state index contributed by atoms with van der Waals surface area (Å²) in [6, 6.07) is 24.5. The van der Waals surface area contributed by atoms with Gasteiger partial charge < -0.3 is 4.90 Å². The number of thioether (sulfide) groups is 1. The Labute approximate surface area is 222 Å². The van der Waals surface area contributed by atoms with Gasteiger partial charge in [-0.05, 0) is 57.5 Å². The number of aryl methyl sites for hydroxylation is 2. The SMILES string of the molecule is CCN(CC)c1ccc(/C=N\NC(=O)CSc2nnc(-c3ccc(C)cc3)n2-c2ccc(C)cc2)cc1. The number of nitrogens with zero attached hydrogens (tertiary/aromatic N) is 5. The van der Waals surface area contributed by atoms with E-state index in [0.29, 0.717) is 5.16 Å². The van der Waals surface area contributed by atoms with E-state index in [1.807, 2.05) is 41.0 Å². The number of anilines is 1. The van der Waals surface area contributed by atoms with Gasteiger partial charge in [0.1, 0.15) is 0 Å². The summed E-state index contributed by atoms with van der Waals surface area (Å²) in [5, 5.41) is 13.6. The highest BCUT2D eigenvalue weighted by atomic mass is 32.2. The molecule has 0 fully saturated rings. The van der Waals surface area contributed by atoms with Gasteiger partial charge in [0.05, 0.1) is 12.0 Å². The lowest BCUT2D eigenvalue weighted by molar-refractivity contribution is -0.118. The summed E-state index contributed by atoms with van der Waals surface area (Å²) in [5.41, 5.74) is 8.96. The van der Waals surface area contributed by atoms with Crippen LogP contribution in [0.5, 0.6) is 0 Å². The fraction of sp³-hybridized carbons (Fsp3) is 0.241. The van der Waals surface area contributed by atoms with Crippen LogP contribution < -0.4 is 10.3 Å². The molecule has 4 rings (SSSR count). The van der Waals surface area contributed by atoms with E-state index in [1.165, 1.54) is 28.6 Å². The summed E-state index contributed by atoms with van der Waals surface area (Å²) >= 11 is 1.33. The molecule has 0 aliphatic heterocycles. The molecule has 0 spiro atoms. The second-order valence-corrected chi connectivity index (χ2v) is 9.63. The minimum atomic E-state index is -0.212. The van der Waals surface area contributed by atoms with Crippen LogP contribution in [0.3, 0.4) is 0 Å². The van der Waals surface area contributed by atoms with Gasteiger partial charge in [-0.2, -0.15) is 5.10 Å². The highest BCUT2D eigenvalue weighted by Gasteiger charge is 2.17. The van der Waals surface area contributed by atoms with E-state index in [0.717, 1.165) is 35.7 Å². The molecule has 0 atom stereocenters. The number of aromatic nitrogens is 3. The molecule has 0 aliphatic carbocycles. The van der Waals surface area contributed by atoms with E-state index in [1.54, 1.807) is 6.21 Å². The van der Waals surface area contributed by atoms with Crippen LogP contribution in [0.25, 0.3) is 17.1 Å². The van der Waals surface area contributed by atoms with Crippen molar-refractivity contribution in [3.05, 3.63) is 89.5 Å². The van der Waals surface area contributed by atoms with Crippen LogP contribution in [0.1, 0.15) is 30.5 Å². The molecule has 3 aromatic carbocycles. The quantitative estimate of drug-likeness (QED) is 0.169. The van der Waals surface area contributed by atoms with Crippen LogP contribution in [0.15, 0.2) is 83.1 Å². The number of hydrogen-bond donors (Lipinski definition) is 1. The maximum absolute atomic E-state index is 12.5. The zero-order valence-corrected chi connectivity index (χ0v) is 22.5. The third kappa shape index (κ3) is 6.65. The normalized spacial score (nSPS) is 11.1. The first-order chi connectivity index (χ1) is 18.0. The van der Waals surface area contributed by atoms with Gasteiger partial charge in [-0.1, -0.05) is 71.4 Å². The van der Waals surface area contributed by atoms with E-state index < -0.39 is 0 Å². The Morgan fingerprint density at radius 1 is 0.919 bits per heavy atom. The largest absolute Gasteiger partial charge is 0.372 e. The minimum absolute atomic E-state index is 0.163. The first-order valence-electron chi connectivity index (χ1n) is 12.4. The zero-order chi connectivity index (χ0) is 26.2. The highest BCUT2D eigenvalue weighted by Crippen LogP contribution is 2.28. The van der Waals surface area contributed by atoms with Gasteiger partial charge in [-0.15, -0.1) is 10.2 Å². The maximum Gasteiger partial charge on any atom is 0.250 e. The molecule has 0 aliphatic rings. The smallest absolute Gasteiger partial charge is 0.250 e. The van der Waals surface area contributed by atoms with Crippen LogP contribution in [0.2, 0.25) is 0 Å². The molecule has 1 amide bonds. The summed E-state index contributed by atoms with van der Waals surface area (Å²) in [4.78, 5) is 14.8. The van der Waals surface area contributed by atoms with Gasteiger partial charge in [0, 0.05) is 30.0 Å². The highest BCUT2D eigenvalue weighted by molar-refractivity contribution is 7.99. The number of nitrogens with one attached hydrogen (secondary N) is 1. The molecule has 1 aromatic heterocycles. The first-order valence-corrected chi connectivity index (χ1v) is 13.4. The second kappa shape index (κ2) is 12.4. The van der Waals surface area contributed by atoms with Crippen molar-refractivity contribution in [1.82, 2.24) is 20.2 Å². The van der Waals surface area contributed by atoms with Crippen molar-refractivity contribution < 1.29 is 4.79 Å². The third-order valence-electron chi connectivity index (χ3n) is 5.99. The molecular weight excluding hydrogens is 480 g/mol. The Morgan fingerprint density at radius 3 is 2.16 bits per heavy atom. The molecule has 190 valence electrons. The van der Waals surface area contributed by atoms with Gasteiger partial charge in [-0.25, -0.2) is 5.43 Å². The average molecular weight is 513 g/mol. The molecule has 0 saturated carbocycles. The van der Waals surface area contributed by atoms with Crippen molar-refractivity contribution in [1.29, 1.82) is 0 Å². The Morgan fingerprint density at radius 2 is 1.54 bits per heavy atom. The third-order valence-corrected chi connectivity index (χ3v) is 6.92. The summed E-state index contributed by atoms with van der Waals surface area (Å²) < 4.78 is 1.99. The van der Waals surface area contributed by atoms with Crippen LogP contribution >= 0.6 is 11.8 Å². The number of amides is 1. The minimum Gasteiger partial charge on any atom is -0.372 e. The van der Waals surface area contributed by atoms with Crippen molar-refractivity contribution in [2.24, 2.45) is 5.10 Å². The Hall–Kier alpha value is -3.91. The van der Waals surface area contributed by atoms with Gasteiger partial charge in [-0.3, -0.25) is 9.36 Å². The maximum atomic E-state index is 12.5. The van der Waals surface area contributed by atoms with Crippen molar-refractivity contribution in [2.45, 2.75) is 32.9 Å². The molecule has 7 nitrogen and oxygen atoms in total. The van der Waals surface area contributed by atoms with Crippen LogP contribution in [-0.2, 0) is 4.79 Å². The van der Waals surface area contributed by atoms with Crippen LogP contribution in [0.4, 0.5) is 5.69 Å². The van der Waals surface area contributed by atoms with E-state index >= 15 is 0 Å². The molecule has 0 unspecified atom stereocenters. The van der Waals surface area contributed by atoms with E-state index in [2.05, 4.69) is 89.7 Å².